The molecule has 2 N–H and O–H groups in total. The fourth-order valence-electron chi connectivity index (χ4n) is 5.18. The van der Waals surface area contributed by atoms with Gasteiger partial charge >= 0.3 is 0 Å². The monoisotopic (exact) mass is 472 g/mol. The number of amides is 1. The molecule has 10 heteroatoms. The summed E-state index contributed by atoms with van der Waals surface area (Å²) < 4.78 is 15.0. The van der Waals surface area contributed by atoms with Crippen molar-refractivity contribution in [2.24, 2.45) is 0 Å². The number of halogens is 1. The highest BCUT2D eigenvalue weighted by molar-refractivity contribution is 6.09. The zero-order valence-electron chi connectivity index (χ0n) is 19.3. The summed E-state index contributed by atoms with van der Waals surface area (Å²) in [5.74, 6) is 0.452. The number of H-pyrrole nitrogens is 1. The van der Waals surface area contributed by atoms with E-state index < -0.39 is 11.9 Å². The molecule has 0 radical (unpaired) electrons. The van der Waals surface area contributed by atoms with Gasteiger partial charge in [-0.3, -0.25) is 19.8 Å². The van der Waals surface area contributed by atoms with Gasteiger partial charge in [-0.05, 0) is 44.0 Å². The molecule has 35 heavy (non-hydrogen) atoms. The highest BCUT2D eigenvalue weighted by Gasteiger charge is 2.41. The van der Waals surface area contributed by atoms with Crippen molar-refractivity contribution in [2.45, 2.75) is 51.1 Å². The minimum absolute atomic E-state index is 0.0446. The molecule has 4 aromatic rings. The molecule has 0 spiro atoms. The van der Waals surface area contributed by atoms with Crippen molar-refractivity contribution in [1.82, 2.24) is 25.1 Å². The van der Waals surface area contributed by atoms with E-state index in [0.29, 0.717) is 28.1 Å². The van der Waals surface area contributed by atoms with E-state index in [0.717, 1.165) is 25.7 Å². The molecule has 6 rings (SSSR count). The summed E-state index contributed by atoms with van der Waals surface area (Å²) in [6.45, 7) is 1.92. The Bertz CT molecular complexity index is 1390. The summed E-state index contributed by atoms with van der Waals surface area (Å²) in [5.41, 5.74) is 2.13. The molecule has 0 saturated heterocycles. The lowest BCUT2D eigenvalue weighted by molar-refractivity contribution is -0.119. The fraction of sp³-hybridized carbons (Fsp3) is 0.320. The first-order chi connectivity index (χ1) is 17.1. The molecule has 0 bridgehead atoms. The lowest BCUT2D eigenvalue weighted by Gasteiger charge is -2.45. The molecule has 3 aromatic heterocycles. The highest BCUT2D eigenvalue weighted by Crippen LogP contribution is 2.42. The molecule has 9 nitrogen and oxygen atoms in total. The molecule has 1 saturated carbocycles. The largest absolute Gasteiger partial charge is 0.340 e. The Balaban J connectivity index is 1.44. The van der Waals surface area contributed by atoms with E-state index in [-0.39, 0.29) is 23.6 Å². The van der Waals surface area contributed by atoms with Gasteiger partial charge in [0.15, 0.2) is 11.6 Å². The molecule has 4 heterocycles. The summed E-state index contributed by atoms with van der Waals surface area (Å²) >= 11 is 0. The van der Waals surface area contributed by atoms with Crippen LogP contribution < -0.4 is 15.1 Å². The lowest BCUT2D eigenvalue weighted by Crippen LogP contribution is -2.55. The Morgan fingerprint density at radius 1 is 1.11 bits per heavy atom. The van der Waals surface area contributed by atoms with Crippen LogP contribution >= 0.6 is 0 Å². The average molecular weight is 473 g/mol. The Morgan fingerprint density at radius 2 is 1.97 bits per heavy atom. The number of benzene rings is 1. The van der Waals surface area contributed by atoms with Gasteiger partial charge in [0.05, 0.1) is 40.9 Å². The predicted octanol–water partition coefficient (Wildman–Crippen LogP) is 4.84. The maximum atomic E-state index is 15.0. The van der Waals surface area contributed by atoms with Crippen LogP contribution in [0.2, 0.25) is 0 Å². The number of carbonyl (C=O) groups is 1. The second kappa shape index (κ2) is 8.61. The predicted molar refractivity (Wildman–Crippen MR) is 132 cm³/mol. The molecular formula is C25H25FN8O. The Hall–Kier alpha value is -4.08. The molecule has 1 amide bonds. The number of pyridine rings is 1. The van der Waals surface area contributed by atoms with Gasteiger partial charge in [0.25, 0.3) is 5.91 Å². The molecule has 178 valence electrons. The molecule has 1 aliphatic heterocycles. The second-order valence-electron chi connectivity index (χ2n) is 9.05. The third-order valence-electron chi connectivity index (χ3n) is 6.91. The normalized spacial score (nSPS) is 18.7. The van der Waals surface area contributed by atoms with Crippen molar-refractivity contribution in [3.8, 4) is 0 Å². The summed E-state index contributed by atoms with van der Waals surface area (Å²) in [6.07, 6.45) is 11.9. The maximum absolute atomic E-state index is 15.0. The number of hydrogen-bond donors (Lipinski definition) is 2. The van der Waals surface area contributed by atoms with Gasteiger partial charge in [-0.15, -0.1) is 0 Å². The van der Waals surface area contributed by atoms with Crippen molar-refractivity contribution >= 4 is 45.6 Å². The van der Waals surface area contributed by atoms with Crippen LogP contribution in [-0.2, 0) is 4.79 Å². The first-order valence-electron chi connectivity index (χ1n) is 11.9. The van der Waals surface area contributed by atoms with E-state index in [1.54, 1.807) is 41.7 Å². The van der Waals surface area contributed by atoms with Crippen LogP contribution in [0.25, 0.3) is 10.9 Å². The Kier molecular flexibility index (Phi) is 5.28. The molecule has 1 atom stereocenters. The third-order valence-corrected chi connectivity index (χ3v) is 6.91. The van der Waals surface area contributed by atoms with E-state index >= 15 is 4.39 Å². The van der Waals surface area contributed by atoms with Crippen LogP contribution in [0.15, 0.2) is 49.1 Å². The standard InChI is InChI=1S/C25H25FN8O/c1-15-24(35)34(17-8-5-11-27-12-17)21-14-28-25(31-23(21)33(15)16-6-3-2-4-7-16)30-20-10-9-19-18(22(20)26)13-29-32-19/h5,8-16H,2-4,6-7H2,1H3,(H,29,32)(H,28,30,31)/t15-/m1/s1. The van der Waals surface area contributed by atoms with Gasteiger partial charge in [0.1, 0.15) is 11.7 Å². The molecule has 1 fully saturated rings. The Morgan fingerprint density at radius 3 is 2.77 bits per heavy atom. The Labute approximate surface area is 201 Å². The highest BCUT2D eigenvalue weighted by atomic mass is 19.1. The number of rotatable bonds is 4. The average Bonchev–Trinajstić information content (AvgIpc) is 3.38. The van der Waals surface area contributed by atoms with E-state index in [2.05, 4.69) is 30.4 Å². The number of aromatic amines is 1. The zero-order chi connectivity index (χ0) is 23.9. The minimum Gasteiger partial charge on any atom is -0.340 e. The van der Waals surface area contributed by atoms with Gasteiger partial charge in [0.2, 0.25) is 5.95 Å². The maximum Gasteiger partial charge on any atom is 0.254 e. The van der Waals surface area contributed by atoms with E-state index in [1.807, 2.05) is 13.0 Å². The smallest absolute Gasteiger partial charge is 0.254 e. The summed E-state index contributed by atoms with van der Waals surface area (Å²) in [4.78, 5) is 30.8. The first kappa shape index (κ1) is 21.5. The second-order valence-corrected chi connectivity index (χ2v) is 9.05. The summed E-state index contributed by atoms with van der Waals surface area (Å²) in [7, 11) is 0. The van der Waals surface area contributed by atoms with Crippen LogP contribution in [0.1, 0.15) is 39.0 Å². The third kappa shape index (κ3) is 3.65. The minimum atomic E-state index is -0.428. The SMILES string of the molecule is C[C@@H]1C(=O)N(c2cccnc2)c2cnc(Nc3ccc4[nH]ncc4c3F)nc2N1C1CCCCC1. The van der Waals surface area contributed by atoms with E-state index in [4.69, 9.17) is 4.98 Å². The molecule has 0 unspecified atom stereocenters. The molecule has 1 aromatic carbocycles. The van der Waals surface area contributed by atoms with Crippen LogP contribution in [0.4, 0.5) is 33.2 Å². The van der Waals surface area contributed by atoms with Gasteiger partial charge in [0, 0.05) is 12.2 Å². The number of hydrogen-bond acceptors (Lipinski definition) is 7. The van der Waals surface area contributed by atoms with Crippen molar-refractivity contribution in [1.29, 1.82) is 0 Å². The van der Waals surface area contributed by atoms with Gasteiger partial charge in [-0.2, -0.15) is 10.1 Å². The number of nitrogens with zero attached hydrogens (tertiary/aromatic N) is 6. The van der Waals surface area contributed by atoms with Crippen LogP contribution in [0.3, 0.4) is 0 Å². The number of nitrogens with one attached hydrogen (secondary N) is 2. The summed E-state index contributed by atoms with van der Waals surface area (Å²) in [5, 5.41) is 10.1. The lowest BCUT2D eigenvalue weighted by atomic mass is 9.92. The topological polar surface area (TPSA) is 103 Å². The number of aromatic nitrogens is 5. The van der Waals surface area contributed by atoms with Crippen molar-refractivity contribution in [2.75, 3.05) is 15.1 Å². The van der Waals surface area contributed by atoms with Crippen molar-refractivity contribution in [3.63, 3.8) is 0 Å². The molecule has 1 aliphatic carbocycles. The number of carbonyl (C=O) groups excluding carboxylic acids is 1. The van der Waals surface area contributed by atoms with Crippen molar-refractivity contribution in [3.05, 3.63) is 54.9 Å². The zero-order valence-corrected chi connectivity index (χ0v) is 19.3. The van der Waals surface area contributed by atoms with E-state index in [9.17, 15) is 4.79 Å². The van der Waals surface area contributed by atoms with Crippen LogP contribution in [0, 0.1) is 5.82 Å². The van der Waals surface area contributed by atoms with Crippen LogP contribution in [0.5, 0.6) is 0 Å². The quantitative estimate of drug-likeness (QED) is 0.438. The number of anilines is 5. The van der Waals surface area contributed by atoms with Gasteiger partial charge in [-0.1, -0.05) is 19.3 Å². The van der Waals surface area contributed by atoms with Gasteiger partial charge in [-0.25, -0.2) is 9.37 Å². The van der Waals surface area contributed by atoms with Crippen molar-refractivity contribution < 1.29 is 9.18 Å². The molecule has 2 aliphatic rings. The first-order valence-corrected chi connectivity index (χ1v) is 11.9. The van der Waals surface area contributed by atoms with E-state index in [1.165, 1.54) is 12.6 Å². The number of fused-ring (bicyclic) bond motifs is 2. The summed E-state index contributed by atoms with van der Waals surface area (Å²) in [6, 6.07) is 6.83. The fourth-order valence-corrected chi connectivity index (χ4v) is 5.18. The molecular weight excluding hydrogens is 447 g/mol. The van der Waals surface area contributed by atoms with Gasteiger partial charge < -0.3 is 10.2 Å². The van der Waals surface area contributed by atoms with Crippen LogP contribution in [-0.4, -0.2) is 43.1 Å².